The molecule has 0 aliphatic heterocycles. The molecule has 0 aromatic carbocycles. The van der Waals surface area contributed by atoms with Gasteiger partial charge in [0.15, 0.2) is 11.6 Å². The normalized spacial score (nSPS) is 16.1. The molecule has 4 rings (SSSR count). The maximum atomic E-state index is 13.0. The van der Waals surface area contributed by atoms with E-state index in [9.17, 15) is 12.8 Å². The van der Waals surface area contributed by atoms with Crippen LogP contribution < -0.4 is 4.72 Å². The van der Waals surface area contributed by atoms with Gasteiger partial charge in [0.2, 0.25) is 21.8 Å². The number of halogens is 1. The molecule has 1 N–H and O–H groups in total. The summed E-state index contributed by atoms with van der Waals surface area (Å²) in [6.07, 6.45) is 6.02. The molecule has 3 heterocycles. The first-order valence-corrected chi connectivity index (χ1v) is 11.4. The zero-order valence-electron chi connectivity index (χ0n) is 16.7. The van der Waals surface area contributed by atoms with Gasteiger partial charge in [-0.1, -0.05) is 12.8 Å². The van der Waals surface area contributed by atoms with Crippen molar-refractivity contribution < 1.29 is 17.2 Å². The number of anilines is 1. The lowest BCUT2D eigenvalue weighted by molar-refractivity contribution is 0.503. The summed E-state index contributed by atoms with van der Waals surface area (Å²) in [6, 6.07) is 3.73. The zero-order chi connectivity index (χ0) is 21.3. The number of hydrogen-bond donors (Lipinski definition) is 1. The Labute approximate surface area is 173 Å². The summed E-state index contributed by atoms with van der Waals surface area (Å²) in [5.41, 5.74) is 0. The molecular weight excluding hydrogens is 411 g/mol. The molecule has 1 aliphatic rings. The quantitative estimate of drug-likeness (QED) is 0.607. The first kappa shape index (κ1) is 20.5. The molecule has 30 heavy (non-hydrogen) atoms. The van der Waals surface area contributed by atoms with Crippen LogP contribution in [-0.4, -0.2) is 38.4 Å². The third kappa shape index (κ3) is 4.20. The molecule has 0 radical (unpaired) electrons. The van der Waals surface area contributed by atoms with Gasteiger partial charge in [0.05, 0.1) is 17.6 Å². The van der Waals surface area contributed by atoms with Crippen molar-refractivity contribution >= 4 is 16.0 Å². The van der Waals surface area contributed by atoms with Crippen LogP contribution in [0.15, 0.2) is 28.9 Å². The minimum atomic E-state index is -3.82. The van der Waals surface area contributed by atoms with Gasteiger partial charge in [0, 0.05) is 12.5 Å². The molecule has 9 nitrogen and oxygen atoms in total. The van der Waals surface area contributed by atoms with E-state index < -0.39 is 21.1 Å². The van der Waals surface area contributed by atoms with Gasteiger partial charge < -0.3 is 4.42 Å². The number of aromatic nitrogens is 5. The van der Waals surface area contributed by atoms with E-state index in [1.54, 1.807) is 13.0 Å². The predicted molar refractivity (Wildman–Crippen MR) is 108 cm³/mol. The zero-order valence-corrected chi connectivity index (χ0v) is 17.6. The molecule has 11 heteroatoms. The number of nitrogens with zero attached hydrogens (tertiary/aromatic N) is 5. The van der Waals surface area contributed by atoms with Crippen molar-refractivity contribution in [3.05, 3.63) is 41.9 Å². The third-order valence-electron chi connectivity index (χ3n) is 5.25. The largest absolute Gasteiger partial charge is 0.458 e. The van der Waals surface area contributed by atoms with E-state index in [0.717, 1.165) is 43.8 Å². The molecule has 1 aliphatic carbocycles. The fourth-order valence-corrected chi connectivity index (χ4v) is 4.59. The van der Waals surface area contributed by atoms with Gasteiger partial charge in [-0.25, -0.2) is 22.8 Å². The Hall–Kier alpha value is -2.82. The summed E-state index contributed by atoms with van der Waals surface area (Å²) >= 11 is 0. The second kappa shape index (κ2) is 8.13. The van der Waals surface area contributed by atoms with Crippen LogP contribution >= 0.6 is 0 Å². The molecule has 1 atom stereocenters. The van der Waals surface area contributed by atoms with Crippen LogP contribution in [0.1, 0.15) is 50.2 Å². The smallest absolute Gasteiger partial charge is 0.238 e. The second-order valence-electron chi connectivity index (χ2n) is 7.55. The van der Waals surface area contributed by atoms with Crippen molar-refractivity contribution in [1.29, 1.82) is 0 Å². The minimum Gasteiger partial charge on any atom is -0.458 e. The molecule has 3 aromatic rings. The molecule has 160 valence electrons. The molecular formula is C19H23FN6O3S. The summed E-state index contributed by atoms with van der Waals surface area (Å²) < 4.78 is 49.0. The maximum Gasteiger partial charge on any atom is 0.238 e. The average Bonchev–Trinajstić information content (AvgIpc) is 3.44. The summed E-state index contributed by atoms with van der Waals surface area (Å²) in [5, 5.41) is 7.47. The standard InChI is InChI=1S/C19H23FN6O3S/c1-12-7-8-16(29-12)18-23-24-19(26(18)15-5-3-4-6-15)25-30(27,28)13(2)9-17-21-10-14(20)11-22-17/h7-8,10-11,13,15H,3-6,9H2,1-2H3,(H,24,25)/t13-/m0/s1. The van der Waals surface area contributed by atoms with Crippen molar-refractivity contribution in [2.24, 2.45) is 0 Å². The number of furan rings is 1. The fraction of sp³-hybridized carbons (Fsp3) is 0.474. The van der Waals surface area contributed by atoms with Crippen molar-refractivity contribution in [2.45, 2.75) is 57.2 Å². The highest BCUT2D eigenvalue weighted by Gasteiger charge is 2.30. The van der Waals surface area contributed by atoms with Crippen LogP contribution in [0.5, 0.6) is 0 Å². The fourth-order valence-electron chi connectivity index (χ4n) is 3.63. The average molecular weight is 434 g/mol. The molecule has 0 spiro atoms. The Bertz CT molecular complexity index is 1120. The van der Waals surface area contributed by atoms with E-state index in [2.05, 4.69) is 24.9 Å². The topological polar surface area (TPSA) is 116 Å². The van der Waals surface area contributed by atoms with Gasteiger partial charge in [-0.15, -0.1) is 10.2 Å². The summed E-state index contributed by atoms with van der Waals surface area (Å²) in [6.45, 7) is 3.38. The number of hydrogen-bond acceptors (Lipinski definition) is 7. The van der Waals surface area contributed by atoms with E-state index in [0.29, 0.717) is 11.6 Å². The van der Waals surface area contributed by atoms with Crippen molar-refractivity contribution in [3.63, 3.8) is 0 Å². The molecule has 0 amide bonds. The molecule has 0 saturated heterocycles. The lowest BCUT2D eigenvalue weighted by atomic mass is 10.2. The van der Waals surface area contributed by atoms with Gasteiger partial charge in [-0.3, -0.25) is 9.29 Å². The van der Waals surface area contributed by atoms with Gasteiger partial charge in [0.25, 0.3) is 0 Å². The number of rotatable bonds is 7. The summed E-state index contributed by atoms with van der Waals surface area (Å²) in [5.74, 6) is 1.63. The van der Waals surface area contributed by atoms with Crippen LogP contribution in [0, 0.1) is 12.7 Å². The van der Waals surface area contributed by atoms with Crippen LogP contribution in [0.4, 0.5) is 10.3 Å². The number of nitrogens with one attached hydrogen (secondary N) is 1. The SMILES string of the molecule is Cc1ccc(-c2nnc(NS(=O)(=O)[C@@H](C)Cc3ncc(F)cn3)n2C2CCCC2)o1. The molecule has 1 fully saturated rings. The van der Waals surface area contributed by atoms with Gasteiger partial charge in [-0.05, 0) is 38.8 Å². The number of sulfonamides is 1. The Kier molecular flexibility index (Phi) is 5.54. The minimum absolute atomic E-state index is 0.0391. The highest BCUT2D eigenvalue weighted by atomic mass is 32.2. The highest BCUT2D eigenvalue weighted by molar-refractivity contribution is 7.93. The monoisotopic (exact) mass is 434 g/mol. The lowest BCUT2D eigenvalue weighted by Crippen LogP contribution is -2.29. The van der Waals surface area contributed by atoms with Gasteiger partial charge in [-0.2, -0.15) is 0 Å². The summed E-state index contributed by atoms with van der Waals surface area (Å²) in [4.78, 5) is 7.68. The van der Waals surface area contributed by atoms with Crippen LogP contribution in [0.25, 0.3) is 11.6 Å². The van der Waals surface area contributed by atoms with Crippen LogP contribution in [0.2, 0.25) is 0 Å². The molecule has 0 unspecified atom stereocenters. The number of aryl methyl sites for hydroxylation is 1. The highest BCUT2D eigenvalue weighted by Crippen LogP contribution is 2.36. The Morgan fingerprint density at radius 1 is 1.23 bits per heavy atom. The second-order valence-corrected chi connectivity index (χ2v) is 9.64. The summed E-state index contributed by atoms with van der Waals surface area (Å²) in [7, 11) is -3.82. The molecule has 0 bridgehead atoms. The van der Waals surface area contributed by atoms with Crippen LogP contribution in [0.3, 0.4) is 0 Å². The molecule has 1 saturated carbocycles. The van der Waals surface area contributed by atoms with E-state index in [1.165, 1.54) is 0 Å². The van der Waals surface area contributed by atoms with E-state index in [1.807, 2.05) is 17.6 Å². The Morgan fingerprint density at radius 3 is 2.57 bits per heavy atom. The van der Waals surface area contributed by atoms with E-state index in [-0.39, 0.29) is 24.2 Å². The van der Waals surface area contributed by atoms with Gasteiger partial charge >= 0.3 is 0 Å². The van der Waals surface area contributed by atoms with Crippen molar-refractivity contribution in [3.8, 4) is 11.6 Å². The van der Waals surface area contributed by atoms with Gasteiger partial charge in [0.1, 0.15) is 11.6 Å². The Balaban J connectivity index is 1.61. The Morgan fingerprint density at radius 2 is 1.93 bits per heavy atom. The first-order valence-electron chi connectivity index (χ1n) is 9.83. The van der Waals surface area contributed by atoms with Crippen molar-refractivity contribution in [1.82, 2.24) is 24.7 Å². The maximum absolute atomic E-state index is 13.0. The lowest BCUT2D eigenvalue weighted by Gasteiger charge is -2.18. The first-order chi connectivity index (χ1) is 14.3. The van der Waals surface area contributed by atoms with Crippen molar-refractivity contribution in [2.75, 3.05) is 4.72 Å². The van der Waals surface area contributed by atoms with Crippen LogP contribution in [-0.2, 0) is 16.4 Å². The third-order valence-corrected chi connectivity index (χ3v) is 6.95. The van der Waals surface area contributed by atoms with E-state index >= 15 is 0 Å². The predicted octanol–water partition coefficient (Wildman–Crippen LogP) is 3.26. The van der Waals surface area contributed by atoms with E-state index in [4.69, 9.17) is 4.42 Å². The molecule has 3 aromatic heterocycles.